The first-order valence-corrected chi connectivity index (χ1v) is 10.2. The summed E-state index contributed by atoms with van der Waals surface area (Å²) in [6.07, 6.45) is 16.2. The van der Waals surface area contributed by atoms with Crippen molar-refractivity contribution < 1.29 is 19.1 Å². The van der Waals surface area contributed by atoms with Crippen molar-refractivity contribution in [3.8, 4) is 0 Å². The zero-order chi connectivity index (χ0) is 18.3. The largest absolute Gasteiger partial charge is 0.466 e. The number of carbonyl (C=O) groups is 2. The summed E-state index contributed by atoms with van der Waals surface area (Å²) >= 11 is 0. The van der Waals surface area contributed by atoms with E-state index >= 15 is 0 Å². The van der Waals surface area contributed by atoms with Gasteiger partial charge in [0.25, 0.3) is 0 Å². The van der Waals surface area contributed by atoms with E-state index in [2.05, 4.69) is 6.92 Å². The molecule has 1 rings (SSSR count). The first-order valence-electron chi connectivity index (χ1n) is 10.2. The molecule has 0 aromatic heterocycles. The lowest BCUT2D eigenvalue weighted by atomic mass is 9.83. The summed E-state index contributed by atoms with van der Waals surface area (Å²) in [5.41, 5.74) is 0. The molecule has 4 heteroatoms. The number of unbranched alkanes of at least 4 members (excludes halogenated alkanes) is 8. The van der Waals surface area contributed by atoms with Crippen molar-refractivity contribution >= 4 is 11.9 Å². The first kappa shape index (κ1) is 21.7. The molecule has 2 atom stereocenters. The Labute approximate surface area is 153 Å². The molecule has 0 saturated carbocycles. The van der Waals surface area contributed by atoms with Crippen molar-refractivity contribution in [3.63, 3.8) is 0 Å². The van der Waals surface area contributed by atoms with Gasteiger partial charge in [0.2, 0.25) is 0 Å². The molecule has 25 heavy (non-hydrogen) atoms. The van der Waals surface area contributed by atoms with Gasteiger partial charge in [-0.3, -0.25) is 9.59 Å². The summed E-state index contributed by atoms with van der Waals surface area (Å²) in [6.45, 7) is 4.83. The molecule has 0 aromatic rings. The first-order chi connectivity index (χ1) is 12.2. The van der Waals surface area contributed by atoms with E-state index in [-0.39, 0.29) is 23.8 Å². The highest BCUT2D eigenvalue weighted by atomic mass is 16.5. The van der Waals surface area contributed by atoms with Crippen LogP contribution in [0.25, 0.3) is 0 Å². The number of hydrogen-bond donors (Lipinski definition) is 0. The minimum Gasteiger partial charge on any atom is -0.466 e. The van der Waals surface area contributed by atoms with Gasteiger partial charge in [-0.25, -0.2) is 0 Å². The summed E-state index contributed by atoms with van der Waals surface area (Å²) in [6, 6.07) is 0. The Kier molecular flexibility index (Phi) is 12.1. The average molecular weight is 353 g/mol. The van der Waals surface area contributed by atoms with Gasteiger partial charge in [0, 0.05) is 0 Å². The maximum Gasteiger partial charge on any atom is 0.310 e. The zero-order valence-electron chi connectivity index (χ0n) is 16.1. The second-order valence-corrected chi connectivity index (χ2v) is 6.90. The SMILES string of the molecule is CCCCCCCCCCCOC(=O)C1CC=CCC1C(=O)OCC. The Hall–Kier alpha value is -1.32. The highest BCUT2D eigenvalue weighted by Crippen LogP contribution is 2.28. The molecule has 2 unspecified atom stereocenters. The van der Waals surface area contributed by atoms with E-state index < -0.39 is 0 Å². The van der Waals surface area contributed by atoms with Gasteiger partial charge in [0.1, 0.15) is 0 Å². The number of hydrogen-bond acceptors (Lipinski definition) is 4. The molecule has 4 nitrogen and oxygen atoms in total. The molecule has 0 aromatic carbocycles. The van der Waals surface area contributed by atoms with Gasteiger partial charge in [-0.15, -0.1) is 0 Å². The third-order valence-electron chi connectivity index (χ3n) is 4.82. The van der Waals surface area contributed by atoms with Gasteiger partial charge >= 0.3 is 11.9 Å². The van der Waals surface area contributed by atoms with E-state index in [1.807, 2.05) is 12.2 Å². The highest BCUT2D eigenvalue weighted by molar-refractivity contribution is 5.82. The maximum absolute atomic E-state index is 12.3. The summed E-state index contributed by atoms with van der Waals surface area (Å²) in [4.78, 5) is 24.3. The number of ether oxygens (including phenoxy) is 2. The lowest BCUT2D eigenvalue weighted by Gasteiger charge is -2.25. The number of esters is 2. The predicted molar refractivity (Wildman–Crippen MR) is 100 cm³/mol. The molecule has 0 bridgehead atoms. The van der Waals surface area contributed by atoms with Crippen LogP contribution in [0.2, 0.25) is 0 Å². The van der Waals surface area contributed by atoms with E-state index in [4.69, 9.17) is 9.47 Å². The van der Waals surface area contributed by atoms with Gasteiger partial charge in [0.15, 0.2) is 0 Å². The molecule has 0 spiro atoms. The lowest BCUT2D eigenvalue weighted by molar-refractivity contribution is -0.160. The van der Waals surface area contributed by atoms with E-state index in [9.17, 15) is 9.59 Å². The number of carbonyl (C=O) groups excluding carboxylic acids is 2. The highest BCUT2D eigenvalue weighted by Gasteiger charge is 2.36. The summed E-state index contributed by atoms with van der Waals surface area (Å²) < 4.78 is 10.5. The molecule has 144 valence electrons. The van der Waals surface area contributed by atoms with Gasteiger partial charge in [0.05, 0.1) is 25.0 Å². The van der Waals surface area contributed by atoms with Crippen LogP contribution in [0.4, 0.5) is 0 Å². The fraction of sp³-hybridized carbons (Fsp3) is 0.810. The molecular formula is C21H36O4. The normalized spacial score (nSPS) is 19.6. The topological polar surface area (TPSA) is 52.6 Å². The molecule has 0 amide bonds. The fourth-order valence-corrected chi connectivity index (χ4v) is 3.28. The van der Waals surface area contributed by atoms with Crippen molar-refractivity contribution in [3.05, 3.63) is 12.2 Å². The summed E-state index contributed by atoms with van der Waals surface area (Å²) in [7, 11) is 0. The molecule has 0 fully saturated rings. The molecule has 0 N–H and O–H groups in total. The summed E-state index contributed by atoms with van der Waals surface area (Å²) in [5, 5.41) is 0. The van der Waals surface area contributed by atoms with Crippen molar-refractivity contribution in [1.82, 2.24) is 0 Å². The van der Waals surface area contributed by atoms with Crippen LogP contribution in [0.3, 0.4) is 0 Å². The van der Waals surface area contributed by atoms with Crippen molar-refractivity contribution in [2.75, 3.05) is 13.2 Å². The summed E-state index contributed by atoms with van der Waals surface area (Å²) in [5.74, 6) is -1.30. The average Bonchev–Trinajstić information content (AvgIpc) is 2.63. The molecule has 0 saturated heterocycles. The lowest BCUT2D eigenvalue weighted by Crippen LogP contribution is -2.33. The minimum absolute atomic E-state index is 0.248. The monoisotopic (exact) mass is 352 g/mol. The van der Waals surface area contributed by atoms with Crippen LogP contribution in [-0.2, 0) is 19.1 Å². The fourth-order valence-electron chi connectivity index (χ4n) is 3.28. The van der Waals surface area contributed by atoms with Crippen molar-refractivity contribution in [2.45, 2.75) is 84.5 Å². The Bertz CT molecular complexity index is 403. The van der Waals surface area contributed by atoms with Crippen LogP contribution >= 0.6 is 0 Å². The third kappa shape index (κ3) is 9.08. The molecule has 0 heterocycles. The standard InChI is InChI=1S/C21H36O4/c1-3-5-6-7-8-9-10-11-14-17-25-21(23)19-16-13-12-15-18(19)20(22)24-4-2/h12-13,18-19H,3-11,14-17H2,1-2H3. The van der Waals surface area contributed by atoms with Gasteiger partial charge in [-0.05, 0) is 26.2 Å². The van der Waals surface area contributed by atoms with Crippen LogP contribution in [0.1, 0.15) is 84.5 Å². The van der Waals surface area contributed by atoms with Crippen LogP contribution < -0.4 is 0 Å². The van der Waals surface area contributed by atoms with E-state index in [0.29, 0.717) is 26.1 Å². The Morgan fingerprint density at radius 3 is 1.76 bits per heavy atom. The Morgan fingerprint density at radius 1 is 0.760 bits per heavy atom. The van der Waals surface area contributed by atoms with E-state index in [1.54, 1.807) is 6.92 Å². The van der Waals surface area contributed by atoms with E-state index in [0.717, 1.165) is 12.8 Å². The Balaban J connectivity index is 2.14. The van der Waals surface area contributed by atoms with Crippen LogP contribution in [0.15, 0.2) is 12.2 Å². The van der Waals surface area contributed by atoms with Gasteiger partial charge in [-0.2, -0.15) is 0 Å². The van der Waals surface area contributed by atoms with Crippen LogP contribution in [0.5, 0.6) is 0 Å². The minimum atomic E-state index is -0.388. The zero-order valence-corrected chi connectivity index (χ0v) is 16.1. The van der Waals surface area contributed by atoms with Crippen LogP contribution in [0, 0.1) is 11.8 Å². The molecule has 1 aliphatic carbocycles. The van der Waals surface area contributed by atoms with Crippen molar-refractivity contribution in [1.29, 1.82) is 0 Å². The van der Waals surface area contributed by atoms with Crippen molar-refractivity contribution in [2.24, 2.45) is 11.8 Å². The second-order valence-electron chi connectivity index (χ2n) is 6.90. The number of allylic oxidation sites excluding steroid dienone is 2. The molecular weight excluding hydrogens is 316 g/mol. The third-order valence-corrected chi connectivity index (χ3v) is 4.82. The maximum atomic E-state index is 12.3. The molecule has 0 radical (unpaired) electrons. The van der Waals surface area contributed by atoms with Gasteiger partial charge in [-0.1, -0.05) is 70.4 Å². The molecule has 0 aliphatic heterocycles. The second kappa shape index (κ2) is 13.9. The predicted octanol–water partition coefficient (Wildman–Crippen LogP) is 5.21. The number of rotatable bonds is 13. The quantitative estimate of drug-likeness (QED) is 0.259. The smallest absolute Gasteiger partial charge is 0.310 e. The van der Waals surface area contributed by atoms with Crippen LogP contribution in [-0.4, -0.2) is 25.2 Å². The molecule has 1 aliphatic rings. The Morgan fingerprint density at radius 2 is 1.24 bits per heavy atom. The van der Waals surface area contributed by atoms with E-state index in [1.165, 1.54) is 44.9 Å². The van der Waals surface area contributed by atoms with Gasteiger partial charge < -0.3 is 9.47 Å².